The Balaban J connectivity index is 1.44. The quantitative estimate of drug-likeness (QED) is 0.481. The summed E-state index contributed by atoms with van der Waals surface area (Å²) in [5.74, 6) is -1.44. The smallest absolute Gasteiger partial charge is 0.296 e. The van der Waals surface area contributed by atoms with Crippen molar-refractivity contribution in [1.29, 1.82) is 0 Å². The second kappa shape index (κ2) is 11.6. The average molecular weight is 551 g/mol. The number of carbonyl (C=O) groups excluding carboxylic acids is 2. The van der Waals surface area contributed by atoms with Crippen LogP contribution in [0, 0.1) is 5.82 Å². The van der Waals surface area contributed by atoms with Crippen LogP contribution in [0.5, 0.6) is 5.75 Å². The third-order valence-corrected chi connectivity index (χ3v) is 6.93. The van der Waals surface area contributed by atoms with E-state index in [-0.39, 0.29) is 42.6 Å². The first-order valence-electron chi connectivity index (χ1n) is 13.1. The summed E-state index contributed by atoms with van der Waals surface area (Å²) in [6, 6.07) is 13.1. The Morgan fingerprint density at radius 1 is 1.07 bits per heavy atom. The molecule has 1 N–H and O–H groups in total. The summed E-state index contributed by atoms with van der Waals surface area (Å²) in [6.45, 7) is 5.70. The molecular weight excluding hydrogens is 519 g/mol. The van der Waals surface area contributed by atoms with E-state index < -0.39 is 22.9 Å². The molecule has 3 heterocycles. The zero-order valence-electron chi connectivity index (χ0n) is 22.4. The van der Waals surface area contributed by atoms with E-state index in [0.717, 1.165) is 11.6 Å². The largest absolute Gasteiger partial charge is 0.481 e. The van der Waals surface area contributed by atoms with Crippen molar-refractivity contribution in [3.8, 4) is 5.75 Å². The molecule has 2 amide bonds. The van der Waals surface area contributed by atoms with Gasteiger partial charge in [0.15, 0.2) is 5.69 Å². The Morgan fingerprint density at radius 2 is 1.82 bits per heavy atom. The molecule has 40 heavy (non-hydrogen) atoms. The van der Waals surface area contributed by atoms with Gasteiger partial charge in [0, 0.05) is 25.2 Å². The number of morpholine rings is 1. The van der Waals surface area contributed by atoms with Gasteiger partial charge >= 0.3 is 0 Å². The Hall–Kier alpha value is -4.09. The highest BCUT2D eigenvalue weighted by molar-refractivity contribution is 5.97. The summed E-state index contributed by atoms with van der Waals surface area (Å²) in [7, 11) is 0. The molecule has 0 aliphatic carbocycles. The molecule has 2 aromatic carbocycles. The molecule has 1 aromatic heterocycles. The number of hydrogen-bond acceptors (Lipinski definition) is 7. The molecule has 0 radical (unpaired) electrons. The molecule has 11 heteroatoms. The number of nitrogens with zero attached hydrogens (tertiary/aromatic N) is 3. The van der Waals surface area contributed by atoms with E-state index in [1.165, 1.54) is 16.7 Å². The van der Waals surface area contributed by atoms with Gasteiger partial charge in [-0.15, -0.1) is 0 Å². The molecule has 0 saturated carbocycles. The summed E-state index contributed by atoms with van der Waals surface area (Å²) < 4.78 is 32.6. The van der Waals surface area contributed by atoms with Crippen molar-refractivity contribution in [2.45, 2.75) is 39.1 Å². The molecule has 0 unspecified atom stereocenters. The Morgan fingerprint density at radius 3 is 2.58 bits per heavy atom. The van der Waals surface area contributed by atoms with Gasteiger partial charge in [0.2, 0.25) is 5.75 Å². The van der Waals surface area contributed by atoms with Gasteiger partial charge in [-0.05, 0) is 37.1 Å². The summed E-state index contributed by atoms with van der Waals surface area (Å²) >= 11 is 0. The first-order valence-corrected chi connectivity index (χ1v) is 13.1. The maximum Gasteiger partial charge on any atom is 0.296 e. The van der Waals surface area contributed by atoms with Gasteiger partial charge in [0.25, 0.3) is 17.4 Å². The van der Waals surface area contributed by atoms with Crippen LogP contribution in [0.4, 0.5) is 4.39 Å². The number of halogens is 1. The van der Waals surface area contributed by atoms with Crippen LogP contribution < -0.4 is 15.6 Å². The fourth-order valence-corrected chi connectivity index (χ4v) is 4.77. The molecule has 10 nitrogen and oxygen atoms in total. The zero-order chi connectivity index (χ0) is 28.3. The van der Waals surface area contributed by atoms with Crippen LogP contribution in [0.1, 0.15) is 51.6 Å². The van der Waals surface area contributed by atoms with Crippen LogP contribution >= 0.6 is 0 Å². The van der Waals surface area contributed by atoms with Crippen LogP contribution in [0.15, 0.2) is 53.3 Å². The maximum atomic E-state index is 14.1. The molecule has 5 rings (SSSR count). The Labute approximate surface area is 230 Å². The van der Waals surface area contributed by atoms with E-state index in [0.29, 0.717) is 44.3 Å². The summed E-state index contributed by atoms with van der Waals surface area (Å²) in [5, 5.41) is 2.74. The molecule has 0 spiro atoms. The van der Waals surface area contributed by atoms with E-state index in [4.69, 9.17) is 14.2 Å². The predicted octanol–water partition coefficient (Wildman–Crippen LogP) is 2.63. The van der Waals surface area contributed by atoms with Crippen molar-refractivity contribution >= 4 is 11.8 Å². The number of aromatic nitrogens is 2. The topological polar surface area (TPSA) is 112 Å². The number of carbonyl (C=O) groups is 2. The minimum Gasteiger partial charge on any atom is -0.481 e. The molecule has 1 saturated heterocycles. The SMILES string of the molecule is CC1(C)OCCn2c1nc(C(=O)NCc1ccc(F)cc1C(=O)N1CCOCC1)c(OCc1ccccc1)c2=O. The lowest BCUT2D eigenvalue weighted by atomic mass is 10.1. The van der Waals surface area contributed by atoms with Crippen LogP contribution in [-0.4, -0.2) is 59.2 Å². The number of ether oxygens (including phenoxy) is 3. The van der Waals surface area contributed by atoms with Gasteiger partial charge in [-0.3, -0.25) is 19.0 Å². The summed E-state index contributed by atoms with van der Waals surface area (Å²) in [4.78, 5) is 46.3. The molecule has 1 fully saturated rings. The van der Waals surface area contributed by atoms with Crippen LogP contribution in [0.25, 0.3) is 0 Å². The molecule has 3 aromatic rings. The number of hydrogen-bond donors (Lipinski definition) is 1. The van der Waals surface area contributed by atoms with Crippen molar-refractivity contribution in [2.24, 2.45) is 0 Å². The van der Waals surface area contributed by atoms with Crippen molar-refractivity contribution in [3.63, 3.8) is 0 Å². The first kappa shape index (κ1) is 27.5. The lowest BCUT2D eigenvalue weighted by Gasteiger charge is -2.33. The average Bonchev–Trinajstić information content (AvgIpc) is 2.96. The van der Waals surface area contributed by atoms with Crippen molar-refractivity contribution < 1.29 is 28.2 Å². The van der Waals surface area contributed by atoms with Crippen molar-refractivity contribution in [2.75, 3.05) is 32.9 Å². The third kappa shape index (κ3) is 5.75. The monoisotopic (exact) mass is 550 g/mol. The van der Waals surface area contributed by atoms with Crippen LogP contribution in [-0.2, 0) is 34.8 Å². The summed E-state index contributed by atoms with van der Waals surface area (Å²) in [5.41, 5.74) is -0.176. The highest BCUT2D eigenvalue weighted by Gasteiger charge is 2.35. The minimum absolute atomic E-state index is 0.0629. The maximum absolute atomic E-state index is 14.1. The van der Waals surface area contributed by atoms with E-state index in [2.05, 4.69) is 10.3 Å². The lowest BCUT2D eigenvalue weighted by molar-refractivity contribution is -0.0567. The Bertz CT molecular complexity index is 1470. The zero-order valence-corrected chi connectivity index (χ0v) is 22.4. The van der Waals surface area contributed by atoms with Crippen molar-refractivity contribution in [1.82, 2.24) is 19.8 Å². The highest BCUT2D eigenvalue weighted by atomic mass is 19.1. The van der Waals surface area contributed by atoms with E-state index in [1.807, 2.05) is 30.3 Å². The number of amides is 2. The fraction of sp³-hybridized carbons (Fsp3) is 0.379. The second-order valence-corrected chi connectivity index (χ2v) is 10.1. The van der Waals surface area contributed by atoms with E-state index in [9.17, 15) is 18.8 Å². The van der Waals surface area contributed by atoms with Gasteiger partial charge in [0.05, 0.1) is 26.4 Å². The summed E-state index contributed by atoms with van der Waals surface area (Å²) in [6.07, 6.45) is 0. The molecule has 2 aliphatic rings. The second-order valence-electron chi connectivity index (χ2n) is 10.1. The van der Waals surface area contributed by atoms with Gasteiger partial charge in [-0.1, -0.05) is 36.4 Å². The molecular formula is C29H31FN4O6. The number of nitrogens with one attached hydrogen (secondary N) is 1. The molecule has 2 aliphatic heterocycles. The third-order valence-electron chi connectivity index (χ3n) is 6.93. The van der Waals surface area contributed by atoms with E-state index in [1.54, 1.807) is 18.7 Å². The van der Waals surface area contributed by atoms with Gasteiger partial charge in [-0.2, -0.15) is 0 Å². The van der Waals surface area contributed by atoms with Crippen molar-refractivity contribution in [3.05, 3.63) is 92.9 Å². The number of rotatable bonds is 7. The number of benzene rings is 2. The fourth-order valence-electron chi connectivity index (χ4n) is 4.77. The normalized spacial score (nSPS) is 16.2. The molecule has 0 atom stereocenters. The number of fused-ring (bicyclic) bond motifs is 1. The predicted molar refractivity (Wildman–Crippen MR) is 143 cm³/mol. The van der Waals surface area contributed by atoms with Crippen LogP contribution in [0.3, 0.4) is 0 Å². The van der Waals surface area contributed by atoms with Gasteiger partial charge < -0.3 is 24.4 Å². The van der Waals surface area contributed by atoms with Gasteiger partial charge in [0.1, 0.15) is 23.8 Å². The first-order chi connectivity index (χ1) is 19.2. The molecule has 0 bridgehead atoms. The highest BCUT2D eigenvalue weighted by Crippen LogP contribution is 2.28. The van der Waals surface area contributed by atoms with E-state index >= 15 is 0 Å². The molecule has 210 valence electrons. The van der Waals surface area contributed by atoms with Gasteiger partial charge in [-0.25, -0.2) is 9.37 Å². The standard InChI is InChI=1S/C29H31FN4O6/c1-29(2)28-32-23(24(27(37)34(28)12-15-40-29)39-18-19-6-4-3-5-7-19)25(35)31-17-20-8-9-21(30)16-22(20)26(36)33-10-13-38-14-11-33/h3-9,16H,10-15,17-18H2,1-2H3,(H,31,35). The minimum atomic E-state index is -0.904. The lowest BCUT2D eigenvalue weighted by Crippen LogP contribution is -2.43. The Kier molecular flexibility index (Phi) is 7.95. The van der Waals surface area contributed by atoms with Crippen LogP contribution in [0.2, 0.25) is 0 Å².